The van der Waals surface area contributed by atoms with Crippen LogP contribution in [-0.4, -0.2) is 0 Å². The van der Waals surface area contributed by atoms with Gasteiger partial charge in [0.2, 0.25) is 0 Å². The molecule has 0 spiro atoms. The molecule has 0 saturated carbocycles. The van der Waals surface area contributed by atoms with Gasteiger partial charge in [-0.05, 0) is 61.2 Å². The summed E-state index contributed by atoms with van der Waals surface area (Å²) in [4.78, 5) is 0. The van der Waals surface area contributed by atoms with Gasteiger partial charge in [-0.25, -0.2) is 0 Å². The summed E-state index contributed by atoms with van der Waals surface area (Å²) in [5.74, 6) is 0. The highest BCUT2D eigenvalue weighted by molar-refractivity contribution is 6.11. The minimum atomic E-state index is 1.14. The standard InChI is InChI=1S/C38H28/c1-2-33-34(28-18-8-3-9-19-28)36(30-22-12-5-13-23-30)38(32-26-16-7-17-27-32)37(31-24-14-6-15-25-31)35(33)29-20-10-4-11-21-29/h2-27H,1H2. The van der Waals surface area contributed by atoms with Gasteiger partial charge in [0.15, 0.2) is 0 Å². The van der Waals surface area contributed by atoms with Crippen molar-refractivity contribution in [2.24, 2.45) is 0 Å². The first-order chi connectivity index (χ1) is 18.9. The molecule has 0 aliphatic heterocycles. The molecule has 0 heterocycles. The molecule has 6 aromatic carbocycles. The topological polar surface area (TPSA) is 0 Å². The van der Waals surface area contributed by atoms with E-state index in [1.54, 1.807) is 0 Å². The molecule has 0 fully saturated rings. The highest BCUT2D eigenvalue weighted by atomic mass is 14.3. The minimum Gasteiger partial charge on any atom is -0.0984 e. The first kappa shape index (κ1) is 23.5. The third-order valence-electron chi connectivity index (χ3n) is 7.06. The van der Waals surface area contributed by atoms with E-state index in [1.165, 1.54) is 55.6 Å². The number of rotatable bonds is 6. The Morgan fingerprint density at radius 1 is 0.289 bits per heavy atom. The Morgan fingerprint density at radius 2 is 0.500 bits per heavy atom. The van der Waals surface area contributed by atoms with Crippen LogP contribution in [0.4, 0.5) is 0 Å². The number of hydrogen-bond acceptors (Lipinski definition) is 0. The van der Waals surface area contributed by atoms with E-state index in [0.717, 1.165) is 5.56 Å². The smallest absolute Gasteiger partial charge is 0.00139 e. The summed E-state index contributed by atoms with van der Waals surface area (Å²) in [6.07, 6.45) is 2.04. The van der Waals surface area contributed by atoms with Gasteiger partial charge in [0.25, 0.3) is 0 Å². The van der Waals surface area contributed by atoms with Crippen LogP contribution in [0.3, 0.4) is 0 Å². The van der Waals surface area contributed by atoms with Crippen molar-refractivity contribution in [3.05, 3.63) is 164 Å². The molecule has 0 radical (unpaired) electrons. The van der Waals surface area contributed by atoms with Gasteiger partial charge in [0, 0.05) is 0 Å². The molecule has 180 valence electrons. The molecule has 38 heavy (non-hydrogen) atoms. The molecule has 0 aliphatic rings. The fraction of sp³-hybridized carbons (Fsp3) is 0. The van der Waals surface area contributed by atoms with Crippen molar-refractivity contribution < 1.29 is 0 Å². The Bertz CT molecular complexity index is 1560. The van der Waals surface area contributed by atoms with Gasteiger partial charge in [-0.2, -0.15) is 0 Å². The minimum absolute atomic E-state index is 1.14. The van der Waals surface area contributed by atoms with E-state index < -0.39 is 0 Å². The summed E-state index contributed by atoms with van der Waals surface area (Å²) in [6.45, 7) is 4.38. The molecular weight excluding hydrogens is 456 g/mol. The van der Waals surface area contributed by atoms with Crippen LogP contribution < -0.4 is 0 Å². The van der Waals surface area contributed by atoms with Crippen LogP contribution in [0.5, 0.6) is 0 Å². The molecule has 0 aliphatic carbocycles. The Morgan fingerprint density at radius 3 is 0.737 bits per heavy atom. The third kappa shape index (κ3) is 4.27. The van der Waals surface area contributed by atoms with Gasteiger partial charge in [-0.3, -0.25) is 0 Å². The maximum absolute atomic E-state index is 4.38. The van der Waals surface area contributed by atoms with Crippen LogP contribution in [0, 0.1) is 0 Å². The summed E-state index contributed by atoms with van der Waals surface area (Å²) in [5, 5.41) is 0. The van der Waals surface area contributed by atoms with Crippen molar-refractivity contribution in [2.45, 2.75) is 0 Å². The molecule has 0 bridgehead atoms. The second-order valence-corrected chi connectivity index (χ2v) is 9.32. The third-order valence-corrected chi connectivity index (χ3v) is 7.06. The summed E-state index contributed by atoms with van der Waals surface area (Å²) in [5.41, 5.74) is 13.1. The molecule has 0 unspecified atom stereocenters. The van der Waals surface area contributed by atoms with Crippen molar-refractivity contribution >= 4 is 6.08 Å². The van der Waals surface area contributed by atoms with Crippen molar-refractivity contribution in [3.63, 3.8) is 0 Å². The zero-order valence-corrected chi connectivity index (χ0v) is 21.2. The Kier molecular flexibility index (Phi) is 6.53. The van der Waals surface area contributed by atoms with E-state index in [1.807, 2.05) is 6.08 Å². The summed E-state index contributed by atoms with van der Waals surface area (Å²) in [6, 6.07) is 53.8. The van der Waals surface area contributed by atoms with Crippen LogP contribution in [-0.2, 0) is 0 Å². The second kappa shape index (κ2) is 10.6. The lowest BCUT2D eigenvalue weighted by Crippen LogP contribution is -2.01. The SMILES string of the molecule is C=Cc1c(-c2ccccc2)c(-c2ccccc2)c(-c2ccccc2)c(-c2ccccc2)c1-c1ccccc1. The number of benzene rings is 6. The summed E-state index contributed by atoms with van der Waals surface area (Å²) in [7, 11) is 0. The lowest BCUT2D eigenvalue weighted by Gasteiger charge is -2.27. The molecular formula is C38H28. The fourth-order valence-electron chi connectivity index (χ4n) is 5.46. The zero-order chi connectivity index (χ0) is 25.7. The molecule has 0 amide bonds. The highest BCUT2D eigenvalue weighted by Gasteiger charge is 2.26. The molecule has 0 atom stereocenters. The predicted molar refractivity (Wildman–Crippen MR) is 164 cm³/mol. The largest absolute Gasteiger partial charge is 0.0984 e. The van der Waals surface area contributed by atoms with Crippen LogP contribution in [0.15, 0.2) is 158 Å². The van der Waals surface area contributed by atoms with E-state index in [0.29, 0.717) is 0 Å². The summed E-state index contributed by atoms with van der Waals surface area (Å²) >= 11 is 0. The van der Waals surface area contributed by atoms with E-state index >= 15 is 0 Å². The van der Waals surface area contributed by atoms with Crippen LogP contribution in [0.2, 0.25) is 0 Å². The second-order valence-electron chi connectivity index (χ2n) is 9.32. The van der Waals surface area contributed by atoms with Crippen molar-refractivity contribution in [2.75, 3.05) is 0 Å². The average molecular weight is 485 g/mol. The van der Waals surface area contributed by atoms with E-state index in [9.17, 15) is 0 Å². The Balaban J connectivity index is 1.92. The van der Waals surface area contributed by atoms with Gasteiger partial charge in [0.05, 0.1) is 0 Å². The van der Waals surface area contributed by atoms with Gasteiger partial charge in [-0.15, -0.1) is 0 Å². The van der Waals surface area contributed by atoms with Gasteiger partial charge < -0.3 is 0 Å². The molecule has 0 nitrogen and oxygen atoms in total. The van der Waals surface area contributed by atoms with Gasteiger partial charge >= 0.3 is 0 Å². The lowest BCUT2D eigenvalue weighted by molar-refractivity contribution is 1.51. The highest BCUT2D eigenvalue weighted by Crippen LogP contribution is 2.52. The van der Waals surface area contributed by atoms with Crippen molar-refractivity contribution in [1.29, 1.82) is 0 Å². The summed E-state index contributed by atoms with van der Waals surface area (Å²) < 4.78 is 0. The average Bonchev–Trinajstić information content (AvgIpc) is 3.01. The normalized spacial score (nSPS) is 10.7. The number of hydrogen-bond donors (Lipinski definition) is 0. The quantitative estimate of drug-likeness (QED) is 0.220. The maximum atomic E-state index is 4.38. The Hall–Kier alpha value is -4.94. The maximum Gasteiger partial charge on any atom is -0.00139 e. The van der Waals surface area contributed by atoms with Crippen LogP contribution >= 0.6 is 0 Å². The zero-order valence-electron chi connectivity index (χ0n) is 21.2. The molecule has 6 rings (SSSR count). The van der Waals surface area contributed by atoms with Crippen molar-refractivity contribution in [3.8, 4) is 55.6 Å². The van der Waals surface area contributed by atoms with Crippen LogP contribution in [0.25, 0.3) is 61.7 Å². The van der Waals surface area contributed by atoms with E-state index in [4.69, 9.17) is 0 Å². The molecule has 0 aromatic heterocycles. The van der Waals surface area contributed by atoms with Gasteiger partial charge in [0.1, 0.15) is 0 Å². The Labute approximate surface area is 225 Å². The first-order valence-corrected chi connectivity index (χ1v) is 13.0. The lowest BCUT2D eigenvalue weighted by atomic mass is 9.75. The van der Waals surface area contributed by atoms with E-state index in [2.05, 4.69) is 158 Å². The fourth-order valence-corrected chi connectivity index (χ4v) is 5.46. The first-order valence-electron chi connectivity index (χ1n) is 13.0. The van der Waals surface area contributed by atoms with Gasteiger partial charge in [-0.1, -0.05) is 164 Å². The molecule has 0 N–H and O–H groups in total. The van der Waals surface area contributed by atoms with Crippen LogP contribution in [0.1, 0.15) is 5.56 Å². The van der Waals surface area contributed by atoms with Crippen molar-refractivity contribution in [1.82, 2.24) is 0 Å². The molecule has 6 aromatic rings. The monoisotopic (exact) mass is 484 g/mol. The predicted octanol–water partition coefficient (Wildman–Crippen LogP) is 10.7. The molecule has 0 heteroatoms. The van der Waals surface area contributed by atoms with E-state index in [-0.39, 0.29) is 0 Å². The molecule has 0 saturated heterocycles.